The first-order chi connectivity index (χ1) is 7.56. The molecule has 0 spiro atoms. The van der Waals surface area contributed by atoms with Crippen molar-refractivity contribution in [1.29, 1.82) is 0 Å². The molecule has 0 aromatic heterocycles. The van der Waals surface area contributed by atoms with Crippen LogP contribution in [0.3, 0.4) is 0 Å². The first-order valence-electron chi connectivity index (χ1n) is 6.08. The van der Waals surface area contributed by atoms with Crippen molar-refractivity contribution in [3.8, 4) is 0 Å². The number of carbonyl (C=O) groups is 2. The number of aldehydes is 1. The molecule has 0 bridgehead atoms. The van der Waals surface area contributed by atoms with Gasteiger partial charge in [0, 0.05) is 0 Å². The molecular formula is C12H24N2O2. The summed E-state index contributed by atoms with van der Waals surface area (Å²) in [5.74, 6) is -0.0642. The summed E-state index contributed by atoms with van der Waals surface area (Å²) >= 11 is 0. The van der Waals surface area contributed by atoms with Crippen LogP contribution in [0.1, 0.15) is 46.5 Å². The third-order valence-electron chi connectivity index (χ3n) is 2.92. The monoisotopic (exact) mass is 228 g/mol. The van der Waals surface area contributed by atoms with E-state index in [2.05, 4.69) is 12.2 Å². The van der Waals surface area contributed by atoms with Crippen LogP contribution in [0.5, 0.6) is 0 Å². The van der Waals surface area contributed by atoms with Crippen molar-refractivity contribution < 1.29 is 9.59 Å². The highest BCUT2D eigenvalue weighted by atomic mass is 16.2. The molecule has 0 unspecified atom stereocenters. The van der Waals surface area contributed by atoms with Crippen molar-refractivity contribution in [1.82, 2.24) is 5.32 Å². The maximum absolute atomic E-state index is 11.6. The minimum Gasteiger partial charge on any atom is -0.345 e. The maximum Gasteiger partial charge on any atom is 0.237 e. The number of rotatable bonds is 8. The lowest BCUT2D eigenvalue weighted by atomic mass is 10.00. The zero-order valence-corrected chi connectivity index (χ0v) is 10.5. The number of unbranched alkanes of at least 4 members (excludes halogenated alkanes) is 1. The van der Waals surface area contributed by atoms with E-state index in [1.54, 1.807) is 0 Å². The Hall–Kier alpha value is -0.900. The minimum atomic E-state index is -0.494. The number of nitrogens with two attached hydrogens (primary N) is 1. The molecule has 0 heterocycles. The maximum atomic E-state index is 11.6. The predicted molar refractivity (Wildman–Crippen MR) is 65.0 cm³/mol. The van der Waals surface area contributed by atoms with Gasteiger partial charge in [-0.3, -0.25) is 4.79 Å². The Bertz CT molecular complexity index is 219. The van der Waals surface area contributed by atoms with E-state index < -0.39 is 12.1 Å². The van der Waals surface area contributed by atoms with Gasteiger partial charge in [0.1, 0.15) is 6.29 Å². The third kappa shape index (κ3) is 5.26. The lowest BCUT2D eigenvalue weighted by Gasteiger charge is -2.20. The van der Waals surface area contributed by atoms with Crippen molar-refractivity contribution in [3.05, 3.63) is 0 Å². The highest BCUT2D eigenvalue weighted by molar-refractivity contribution is 5.84. The lowest BCUT2D eigenvalue weighted by molar-refractivity contribution is -0.125. The largest absolute Gasteiger partial charge is 0.345 e. The molecule has 1 amide bonds. The average Bonchev–Trinajstić information content (AvgIpc) is 2.31. The van der Waals surface area contributed by atoms with Crippen LogP contribution in [0.25, 0.3) is 0 Å². The van der Waals surface area contributed by atoms with E-state index >= 15 is 0 Å². The van der Waals surface area contributed by atoms with Crippen molar-refractivity contribution in [2.24, 2.45) is 11.7 Å². The van der Waals surface area contributed by atoms with Gasteiger partial charge < -0.3 is 15.8 Å². The molecule has 4 heteroatoms. The Kier molecular flexibility index (Phi) is 7.81. The Morgan fingerprint density at radius 1 is 1.44 bits per heavy atom. The average molecular weight is 228 g/mol. The van der Waals surface area contributed by atoms with E-state index in [1.165, 1.54) is 0 Å². The predicted octanol–water partition coefficient (Wildman–Crippen LogP) is 1.23. The number of hydrogen-bond donors (Lipinski definition) is 2. The molecule has 0 saturated carbocycles. The summed E-state index contributed by atoms with van der Waals surface area (Å²) in [5.41, 5.74) is 5.72. The SMILES string of the molecule is CCCC[C@H](N)C(=O)N[C@H](C=O)[C@@H](C)CC. The number of carbonyl (C=O) groups excluding carboxylic acids is 2. The molecule has 0 aliphatic carbocycles. The highest BCUT2D eigenvalue weighted by Crippen LogP contribution is 2.06. The van der Waals surface area contributed by atoms with E-state index in [-0.39, 0.29) is 11.8 Å². The fraction of sp³-hybridized carbons (Fsp3) is 0.833. The van der Waals surface area contributed by atoms with Crippen LogP contribution in [0, 0.1) is 5.92 Å². The first kappa shape index (κ1) is 15.1. The van der Waals surface area contributed by atoms with Gasteiger partial charge >= 0.3 is 0 Å². The Morgan fingerprint density at radius 3 is 2.50 bits per heavy atom. The van der Waals surface area contributed by atoms with Crippen LogP contribution < -0.4 is 11.1 Å². The second-order valence-corrected chi connectivity index (χ2v) is 4.30. The quantitative estimate of drug-likeness (QED) is 0.614. The number of amides is 1. The highest BCUT2D eigenvalue weighted by Gasteiger charge is 2.20. The summed E-state index contributed by atoms with van der Waals surface area (Å²) in [4.78, 5) is 22.5. The fourth-order valence-electron chi connectivity index (χ4n) is 1.39. The number of hydrogen-bond acceptors (Lipinski definition) is 3. The zero-order valence-electron chi connectivity index (χ0n) is 10.5. The van der Waals surface area contributed by atoms with Crippen molar-refractivity contribution >= 4 is 12.2 Å². The van der Waals surface area contributed by atoms with Crippen LogP contribution in [0.15, 0.2) is 0 Å². The summed E-state index contributed by atoms with van der Waals surface area (Å²) in [6.45, 7) is 5.99. The topological polar surface area (TPSA) is 72.2 Å². The molecule has 0 radical (unpaired) electrons. The van der Waals surface area contributed by atoms with Crippen molar-refractivity contribution in [2.75, 3.05) is 0 Å². The molecule has 0 aromatic rings. The Morgan fingerprint density at radius 2 is 2.06 bits per heavy atom. The molecule has 0 rings (SSSR count). The van der Waals surface area contributed by atoms with Crippen molar-refractivity contribution in [3.63, 3.8) is 0 Å². The molecule has 0 aliphatic heterocycles. The molecule has 0 aliphatic rings. The van der Waals surface area contributed by atoms with Crippen LogP contribution in [-0.2, 0) is 9.59 Å². The molecule has 94 valence electrons. The van der Waals surface area contributed by atoms with Crippen LogP contribution in [0.2, 0.25) is 0 Å². The summed E-state index contributed by atoms with van der Waals surface area (Å²) in [6.07, 6.45) is 4.27. The van der Waals surface area contributed by atoms with Gasteiger partial charge in [-0.1, -0.05) is 40.0 Å². The van der Waals surface area contributed by atoms with Gasteiger partial charge in [-0.05, 0) is 12.3 Å². The standard InChI is InChI=1S/C12H24N2O2/c1-4-6-7-10(13)12(16)14-11(8-15)9(3)5-2/h8-11H,4-7,13H2,1-3H3,(H,14,16)/t9-,10-,11+/m0/s1. The molecular weight excluding hydrogens is 204 g/mol. The molecule has 0 fully saturated rings. The number of nitrogens with one attached hydrogen (secondary N) is 1. The molecule has 16 heavy (non-hydrogen) atoms. The summed E-state index contributed by atoms with van der Waals surface area (Å²) in [6, 6.07) is -0.906. The van der Waals surface area contributed by atoms with Gasteiger partial charge in [0.25, 0.3) is 0 Å². The van der Waals surface area contributed by atoms with Crippen LogP contribution >= 0.6 is 0 Å². The minimum absolute atomic E-state index is 0.153. The molecule has 0 saturated heterocycles. The molecule has 4 nitrogen and oxygen atoms in total. The summed E-state index contributed by atoms with van der Waals surface area (Å²) in [5, 5.41) is 2.69. The van der Waals surface area contributed by atoms with Crippen molar-refractivity contribution in [2.45, 2.75) is 58.5 Å². The van der Waals surface area contributed by atoms with Gasteiger partial charge in [0.05, 0.1) is 12.1 Å². The third-order valence-corrected chi connectivity index (χ3v) is 2.92. The van der Waals surface area contributed by atoms with Gasteiger partial charge in [-0.2, -0.15) is 0 Å². The van der Waals surface area contributed by atoms with Crippen LogP contribution in [-0.4, -0.2) is 24.3 Å². The smallest absolute Gasteiger partial charge is 0.237 e. The van der Waals surface area contributed by atoms with E-state index in [0.717, 1.165) is 25.5 Å². The second kappa shape index (κ2) is 8.28. The van der Waals surface area contributed by atoms with E-state index in [9.17, 15) is 9.59 Å². The molecule has 0 aromatic carbocycles. The van der Waals surface area contributed by atoms with Gasteiger partial charge in [-0.25, -0.2) is 0 Å². The normalized spacial score (nSPS) is 16.2. The first-order valence-corrected chi connectivity index (χ1v) is 6.08. The summed E-state index contributed by atoms with van der Waals surface area (Å²) < 4.78 is 0. The molecule has 3 atom stereocenters. The fourth-order valence-corrected chi connectivity index (χ4v) is 1.39. The molecule has 3 N–H and O–H groups in total. The van der Waals surface area contributed by atoms with Gasteiger partial charge in [0.2, 0.25) is 5.91 Å². The van der Waals surface area contributed by atoms with Gasteiger partial charge in [0.15, 0.2) is 0 Å². The Balaban J connectivity index is 4.13. The van der Waals surface area contributed by atoms with E-state index in [1.807, 2.05) is 13.8 Å². The van der Waals surface area contributed by atoms with E-state index in [0.29, 0.717) is 6.42 Å². The Labute approximate surface area is 98.0 Å². The van der Waals surface area contributed by atoms with Gasteiger partial charge in [-0.15, -0.1) is 0 Å². The zero-order chi connectivity index (χ0) is 12.6. The van der Waals surface area contributed by atoms with Crippen LogP contribution in [0.4, 0.5) is 0 Å². The second-order valence-electron chi connectivity index (χ2n) is 4.30. The summed E-state index contributed by atoms with van der Waals surface area (Å²) in [7, 11) is 0. The van der Waals surface area contributed by atoms with E-state index in [4.69, 9.17) is 5.73 Å². The lowest BCUT2D eigenvalue weighted by Crippen LogP contribution is -2.48.